The van der Waals surface area contributed by atoms with Gasteiger partial charge in [0.1, 0.15) is 29.6 Å². The Morgan fingerprint density at radius 3 is 2.44 bits per heavy atom. The summed E-state index contributed by atoms with van der Waals surface area (Å²) < 4.78 is 54.4. The number of rotatable bonds is 12. The number of halogens is 3. The highest BCUT2D eigenvalue weighted by Gasteiger charge is 2.35. The maximum Gasteiger partial charge on any atom is 0.274 e. The van der Waals surface area contributed by atoms with Crippen LogP contribution in [-0.4, -0.2) is 41.3 Å². The molecule has 2 amide bonds. The highest BCUT2D eigenvalue weighted by atomic mass is 19.1. The van der Waals surface area contributed by atoms with E-state index in [2.05, 4.69) is 29.2 Å². The molecule has 1 fully saturated rings. The SMILES string of the molecule is C=CC(C)NC(=O)c1c(OCc2ccccc2)c(=O)c(C(=O)NCc2c(F)cc(F)cc2F)cn1NC1(C=C)CCOC1. The van der Waals surface area contributed by atoms with Crippen molar-refractivity contribution in [3.8, 4) is 5.75 Å². The minimum Gasteiger partial charge on any atom is -0.482 e. The normalized spacial score (nSPS) is 16.7. The Bertz CT molecular complexity index is 1560. The highest BCUT2D eigenvalue weighted by molar-refractivity contribution is 5.99. The van der Waals surface area contributed by atoms with Gasteiger partial charge in [-0.2, -0.15) is 0 Å². The number of pyridine rings is 1. The average molecular weight is 597 g/mol. The van der Waals surface area contributed by atoms with Crippen LogP contribution < -0.4 is 26.2 Å². The zero-order valence-corrected chi connectivity index (χ0v) is 23.4. The van der Waals surface area contributed by atoms with Gasteiger partial charge >= 0.3 is 0 Å². The fourth-order valence-corrected chi connectivity index (χ4v) is 4.37. The second kappa shape index (κ2) is 13.4. The van der Waals surface area contributed by atoms with Crippen LogP contribution in [0.4, 0.5) is 13.2 Å². The van der Waals surface area contributed by atoms with Gasteiger partial charge in [0.25, 0.3) is 11.8 Å². The Labute approximate surface area is 246 Å². The molecule has 2 heterocycles. The quantitative estimate of drug-likeness (QED) is 0.273. The van der Waals surface area contributed by atoms with E-state index in [9.17, 15) is 27.6 Å². The fourth-order valence-electron chi connectivity index (χ4n) is 4.37. The molecule has 12 heteroatoms. The number of nitrogens with zero attached hydrogens (tertiary/aromatic N) is 1. The molecule has 1 aliphatic rings. The van der Waals surface area contributed by atoms with Crippen molar-refractivity contribution in [1.82, 2.24) is 15.3 Å². The Morgan fingerprint density at radius 1 is 1.14 bits per heavy atom. The molecule has 2 aromatic carbocycles. The van der Waals surface area contributed by atoms with Crippen molar-refractivity contribution in [1.29, 1.82) is 0 Å². The Hall–Kier alpha value is -4.84. The summed E-state index contributed by atoms with van der Waals surface area (Å²) in [5, 5.41) is 5.01. The van der Waals surface area contributed by atoms with E-state index in [1.165, 1.54) is 10.8 Å². The first kappa shape index (κ1) is 31.1. The van der Waals surface area contributed by atoms with Crippen LogP contribution in [0.15, 0.2) is 78.8 Å². The summed E-state index contributed by atoms with van der Waals surface area (Å²) >= 11 is 0. The predicted molar refractivity (Wildman–Crippen MR) is 154 cm³/mol. The number of hydrogen-bond acceptors (Lipinski definition) is 6. The van der Waals surface area contributed by atoms with Crippen molar-refractivity contribution >= 4 is 11.8 Å². The largest absolute Gasteiger partial charge is 0.482 e. The summed E-state index contributed by atoms with van der Waals surface area (Å²) in [6, 6.07) is 9.30. The highest BCUT2D eigenvalue weighted by Crippen LogP contribution is 2.24. The van der Waals surface area contributed by atoms with Crippen LogP contribution in [-0.2, 0) is 17.9 Å². The second-order valence-electron chi connectivity index (χ2n) is 10.00. The summed E-state index contributed by atoms with van der Waals surface area (Å²) in [6.07, 6.45) is 4.64. The first-order valence-electron chi connectivity index (χ1n) is 13.4. The van der Waals surface area contributed by atoms with Crippen LogP contribution in [0.5, 0.6) is 5.75 Å². The van der Waals surface area contributed by atoms with E-state index in [0.29, 0.717) is 30.7 Å². The van der Waals surface area contributed by atoms with Crippen molar-refractivity contribution < 1.29 is 32.2 Å². The van der Waals surface area contributed by atoms with Gasteiger partial charge < -0.3 is 25.5 Å². The molecule has 43 heavy (non-hydrogen) atoms. The predicted octanol–water partition coefficient (Wildman–Crippen LogP) is 3.97. The van der Waals surface area contributed by atoms with E-state index in [0.717, 1.165) is 6.20 Å². The Kier molecular flexibility index (Phi) is 9.71. The number of benzene rings is 2. The number of nitrogens with one attached hydrogen (secondary N) is 3. The summed E-state index contributed by atoms with van der Waals surface area (Å²) in [5.41, 5.74) is 0.649. The van der Waals surface area contributed by atoms with E-state index in [-0.39, 0.29) is 18.9 Å². The van der Waals surface area contributed by atoms with Crippen molar-refractivity contribution in [2.24, 2.45) is 0 Å². The third-order valence-corrected chi connectivity index (χ3v) is 6.88. The number of aromatic nitrogens is 1. The maximum atomic E-state index is 14.2. The van der Waals surface area contributed by atoms with Crippen molar-refractivity contribution in [2.45, 2.75) is 38.1 Å². The lowest BCUT2D eigenvalue weighted by Gasteiger charge is -2.30. The van der Waals surface area contributed by atoms with E-state index < -0.39 is 69.7 Å². The minimum atomic E-state index is -1.21. The lowest BCUT2D eigenvalue weighted by molar-refractivity contribution is 0.0920. The Balaban J connectivity index is 1.81. The third kappa shape index (κ3) is 7.15. The lowest BCUT2D eigenvalue weighted by atomic mass is 10.0. The fraction of sp³-hybridized carbons (Fsp3) is 0.258. The number of ether oxygens (including phenoxy) is 2. The summed E-state index contributed by atoms with van der Waals surface area (Å²) in [6.45, 7) is 8.96. The molecule has 0 radical (unpaired) electrons. The molecule has 3 N–H and O–H groups in total. The van der Waals surface area contributed by atoms with Crippen LogP contribution in [0.25, 0.3) is 0 Å². The number of carbonyl (C=O) groups excluding carboxylic acids is 2. The number of carbonyl (C=O) groups is 2. The standard InChI is InChI=1S/C31H31F3N4O5/c1-4-19(3)36-30(41)26-28(43-17-20-9-7-6-8-10-20)27(39)23(16-38(26)37-31(5-2)11-12-42-18-31)29(40)35-15-22-24(33)13-21(32)14-25(22)34/h4-10,13-14,16,19,37H,1-2,11-12,15,17-18H2,3H3,(H,35,40)(H,36,41). The van der Waals surface area contributed by atoms with Gasteiger partial charge in [-0.3, -0.25) is 19.1 Å². The monoisotopic (exact) mass is 596 g/mol. The molecule has 226 valence electrons. The number of amides is 2. The molecule has 0 aliphatic carbocycles. The maximum absolute atomic E-state index is 14.2. The molecular formula is C31H31F3N4O5. The van der Waals surface area contributed by atoms with Gasteiger partial charge in [0, 0.05) is 49.5 Å². The first-order chi connectivity index (χ1) is 20.6. The second-order valence-corrected chi connectivity index (χ2v) is 10.00. The summed E-state index contributed by atoms with van der Waals surface area (Å²) in [4.78, 5) is 40.7. The van der Waals surface area contributed by atoms with Crippen molar-refractivity contribution in [3.63, 3.8) is 0 Å². The summed E-state index contributed by atoms with van der Waals surface area (Å²) in [5.74, 6) is -5.71. The smallest absolute Gasteiger partial charge is 0.274 e. The van der Waals surface area contributed by atoms with Crippen LogP contribution in [0, 0.1) is 17.5 Å². The van der Waals surface area contributed by atoms with Gasteiger partial charge in [0.2, 0.25) is 5.43 Å². The molecule has 0 bridgehead atoms. The van der Waals surface area contributed by atoms with E-state index in [1.54, 1.807) is 43.3 Å². The molecule has 1 aliphatic heterocycles. The third-order valence-electron chi connectivity index (χ3n) is 6.88. The zero-order valence-electron chi connectivity index (χ0n) is 23.4. The van der Waals surface area contributed by atoms with Crippen LogP contribution >= 0.6 is 0 Å². The van der Waals surface area contributed by atoms with Gasteiger partial charge in [-0.05, 0) is 12.5 Å². The average Bonchev–Trinajstić information content (AvgIpc) is 3.45. The molecule has 1 aromatic heterocycles. The topological polar surface area (TPSA) is 111 Å². The zero-order chi connectivity index (χ0) is 31.1. The van der Waals surface area contributed by atoms with E-state index in [1.807, 2.05) is 0 Å². The molecule has 2 unspecified atom stereocenters. The molecule has 2 atom stereocenters. The van der Waals surface area contributed by atoms with Crippen molar-refractivity contribution in [2.75, 3.05) is 18.6 Å². The number of hydrogen-bond donors (Lipinski definition) is 3. The van der Waals surface area contributed by atoms with Crippen molar-refractivity contribution in [3.05, 3.63) is 124 Å². The molecule has 9 nitrogen and oxygen atoms in total. The van der Waals surface area contributed by atoms with E-state index >= 15 is 0 Å². The summed E-state index contributed by atoms with van der Waals surface area (Å²) in [7, 11) is 0. The first-order valence-corrected chi connectivity index (χ1v) is 13.4. The molecule has 0 spiro atoms. The van der Waals surface area contributed by atoms with Gasteiger partial charge in [-0.1, -0.05) is 42.5 Å². The Morgan fingerprint density at radius 2 is 1.84 bits per heavy atom. The van der Waals surface area contributed by atoms with Crippen LogP contribution in [0.3, 0.4) is 0 Å². The minimum absolute atomic E-state index is 0.125. The van der Waals surface area contributed by atoms with Crippen LogP contribution in [0.2, 0.25) is 0 Å². The van der Waals surface area contributed by atoms with Crippen LogP contribution in [0.1, 0.15) is 45.3 Å². The molecule has 1 saturated heterocycles. The lowest BCUT2D eigenvalue weighted by Crippen LogP contribution is -2.46. The van der Waals surface area contributed by atoms with Gasteiger partial charge in [0.05, 0.1) is 12.1 Å². The van der Waals surface area contributed by atoms with E-state index in [4.69, 9.17) is 9.47 Å². The molecular weight excluding hydrogens is 565 g/mol. The van der Waals surface area contributed by atoms with Gasteiger partial charge in [-0.25, -0.2) is 13.2 Å². The molecule has 3 aromatic rings. The van der Waals surface area contributed by atoms with Gasteiger partial charge in [0.15, 0.2) is 11.4 Å². The molecule has 4 rings (SSSR count). The molecule has 0 saturated carbocycles. The van der Waals surface area contributed by atoms with Gasteiger partial charge in [-0.15, -0.1) is 13.2 Å².